The number of anilines is 1. The van der Waals surface area contributed by atoms with Crippen molar-refractivity contribution in [2.75, 3.05) is 11.4 Å². The summed E-state index contributed by atoms with van der Waals surface area (Å²) >= 11 is 0. The Kier molecular flexibility index (Phi) is 2.59. The zero-order valence-corrected chi connectivity index (χ0v) is 10.2. The third kappa shape index (κ3) is 1.68. The fraction of sp³-hybridized carbons (Fsp3) is 0.500. The van der Waals surface area contributed by atoms with Gasteiger partial charge in [0, 0.05) is 18.5 Å². The molecular formula is C12H14N6. The van der Waals surface area contributed by atoms with Crippen LogP contribution in [-0.4, -0.2) is 32.8 Å². The summed E-state index contributed by atoms with van der Waals surface area (Å²) in [7, 11) is 0. The molecule has 0 saturated carbocycles. The van der Waals surface area contributed by atoms with E-state index in [1.807, 2.05) is 0 Å². The number of nitrogens with zero attached hydrogens (tertiary/aromatic N) is 5. The summed E-state index contributed by atoms with van der Waals surface area (Å²) < 4.78 is 0. The highest BCUT2D eigenvalue weighted by molar-refractivity contribution is 5.86. The lowest BCUT2D eigenvalue weighted by Gasteiger charge is -2.36. The average Bonchev–Trinajstić information content (AvgIpc) is 2.87. The van der Waals surface area contributed by atoms with Gasteiger partial charge in [-0.2, -0.15) is 10.4 Å². The Balaban J connectivity index is 1.96. The first-order valence-corrected chi connectivity index (χ1v) is 6.10. The van der Waals surface area contributed by atoms with E-state index in [4.69, 9.17) is 5.26 Å². The van der Waals surface area contributed by atoms with Crippen molar-refractivity contribution in [1.82, 2.24) is 20.2 Å². The lowest BCUT2D eigenvalue weighted by Crippen LogP contribution is -2.41. The number of hydrogen-bond acceptors (Lipinski definition) is 5. The zero-order valence-electron chi connectivity index (χ0n) is 10.2. The van der Waals surface area contributed by atoms with Crippen molar-refractivity contribution in [3.63, 3.8) is 0 Å². The molecule has 2 aromatic rings. The molecule has 18 heavy (non-hydrogen) atoms. The van der Waals surface area contributed by atoms with Gasteiger partial charge in [0.05, 0.1) is 17.7 Å². The Labute approximate surface area is 105 Å². The summed E-state index contributed by atoms with van der Waals surface area (Å²) in [6, 6.07) is 2.68. The average molecular weight is 242 g/mol. The van der Waals surface area contributed by atoms with Gasteiger partial charge in [0.1, 0.15) is 12.1 Å². The Bertz CT molecular complexity index is 598. The molecule has 1 aliphatic heterocycles. The molecule has 3 rings (SSSR count). The second kappa shape index (κ2) is 4.26. The quantitative estimate of drug-likeness (QED) is 0.819. The third-order valence-corrected chi connectivity index (χ3v) is 3.56. The first-order valence-electron chi connectivity index (χ1n) is 6.10. The molecule has 92 valence electrons. The zero-order chi connectivity index (χ0) is 12.5. The van der Waals surface area contributed by atoms with E-state index in [1.54, 1.807) is 12.5 Å². The predicted molar refractivity (Wildman–Crippen MR) is 66.8 cm³/mol. The Hall–Kier alpha value is -2.16. The van der Waals surface area contributed by atoms with Crippen LogP contribution in [0.4, 0.5) is 5.82 Å². The maximum absolute atomic E-state index is 9.00. The van der Waals surface area contributed by atoms with Gasteiger partial charge in [-0.15, -0.1) is 0 Å². The van der Waals surface area contributed by atoms with Crippen LogP contribution in [0.25, 0.3) is 11.0 Å². The Morgan fingerprint density at radius 2 is 2.39 bits per heavy atom. The smallest absolute Gasteiger partial charge is 0.160 e. The van der Waals surface area contributed by atoms with Crippen molar-refractivity contribution < 1.29 is 0 Å². The molecule has 1 N–H and O–H groups in total. The first-order chi connectivity index (χ1) is 8.79. The van der Waals surface area contributed by atoms with Gasteiger partial charge in [0.15, 0.2) is 5.65 Å². The second-order valence-corrected chi connectivity index (χ2v) is 4.72. The van der Waals surface area contributed by atoms with Crippen LogP contribution < -0.4 is 4.90 Å². The summed E-state index contributed by atoms with van der Waals surface area (Å²) in [6.45, 7) is 2.99. The molecule has 6 heteroatoms. The van der Waals surface area contributed by atoms with E-state index in [1.165, 1.54) is 0 Å². The summed E-state index contributed by atoms with van der Waals surface area (Å²) in [6.07, 6.45) is 5.09. The van der Waals surface area contributed by atoms with Crippen molar-refractivity contribution in [1.29, 1.82) is 5.26 Å². The van der Waals surface area contributed by atoms with Gasteiger partial charge >= 0.3 is 0 Å². The maximum atomic E-state index is 9.00. The number of fused-ring (bicyclic) bond motifs is 1. The fourth-order valence-corrected chi connectivity index (χ4v) is 2.59. The van der Waals surface area contributed by atoms with E-state index in [0.717, 1.165) is 36.2 Å². The molecule has 6 nitrogen and oxygen atoms in total. The molecular weight excluding hydrogens is 228 g/mol. The molecule has 1 saturated heterocycles. The minimum absolute atomic E-state index is 0.165. The number of piperidine rings is 1. The highest BCUT2D eigenvalue weighted by Crippen LogP contribution is 2.29. The molecule has 0 radical (unpaired) electrons. The van der Waals surface area contributed by atoms with Crippen LogP contribution in [0, 0.1) is 17.2 Å². The molecule has 0 spiro atoms. The minimum atomic E-state index is 0.165. The van der Waals surface area contributed by atoms with Gasteiger partial charge in [-0.1, -0.05) is 0 Å². The van der Waals surface area contributed by atoms with Gasteiger partial charge in [-0.3, -0.25) is 5.10 Å². The van der Waals surface area contributed by atoms with Crippen LogP contribution in [0.15, 0.2) is 12.5 Å². The monoisotopic (exact) mass is 242 g/mol. The molecule has 0 aliphatic carbocycles. The van der Waals surface area contributed by atoms with Crippen molar-refractivity contribution in [2.45, 2.75) is 25.8 Å². The van der Waals surface area contributed by atoms with Crippen molar-refractivity contribution in [2.24, 2.45) is 5.92 Å². The third-order valence-electron chi connectivity index (χ3n) is 3.56. The van der Waals surface area contributed by atoms with Crippen LogP contribution in [0.3, 0.4) is 0 Å². The van der Waals surface area contributed by atoms with Crippen molar-refractivity contribution in [3.8, 4) is 6.07 Å². The molecule has 2 unspecified atom stereocenters. The summed E-state index contributed by atoms with van der Waals surface area (Å²) in [4.78, 5) is 10.8. The summed E-state index contributed by atoms with van der Waals surface area (Å²) in [5.41, 5.74) is 0.759. The van der Waals surface area contributed by atoms with E-state index in [2.05, 4.69) is 38.1 Å². The van der Waals surface area contributed by atoms with Gasteiger partial charge in [-0.05, 0) is 19.8 Å². The predicted octanol–water partition coefficient (Wildman–Crippen LogP) is 1.48. The molecule has 2 aromatic heterocycles. The molecule has 0 aromatic carbocycles. The molecule has 2 atom stereocenters. The molecule has 1 fully saturated rings. The van der Waals surface area contributed by atoms with E-state index in [9.17, 15) is 0 Å². The van der Waals surface area contributed by atoms with Crippen LogP contribution in [0.1, 0.15) is 19.8 Å². The molecule has 0 bridgehead atoms. The first kappa shape index (κ1) is 11.0. The summed E-state index contributed by atoms with van der Waals surface area (Å²) in [5, 5.41) is 16.8. The Morgan fingerprint density at radius 1 is 1.50 bits per heavy atom. The van der Waals surface area contributed by atoms with E-state index in [0.29, 0.717) is 6.04 Å². The highest BCUT2D eigenvalue weighted by atomic mass is 15.2. The number of nitriles is 1. The van der Waals surface area contributed by atoms with Gasteiger partial charge in [0.2, 0.25) is 0 Å². The van der Waals surface area contributed by atoms with Crippen LogP contribution in [0.2, 0.25) is 0 Å². The number of rotatable bonds is 1. The summed E-state index contributed by atoms with van der Waals surface area (Å²) in [5.74, 6) is 1.08. The highest BCUT2D eigenvalue weighted by Gasteiger charge is 2.27. The number of hydrogen-bond donors (Lipinski definition) is 1. The van der Waals surface area contributed by atoms with Crippen LogP contribution in [0.5, 0.6) is 0 Å². The van der Waals surface area contributed by atoms with Gasteiger partial charge < -0.3 is 4.90 Å². The maximum Gasteiger partial charge on any atom is 0.160 e. The second-order valence-electron chi connectivity index (χ2n) is 4.72. The van der Waals surface area contributed by atoms with Gasteiger partial charge in [-0.25, -0.2) is 9.97 Å². The molecule has 0 amide bonds. The topological polar surface area (TPSA) is 81.5 Å². The SMILES string of the molecule is CC1CC(C#N)CCN1c1ncnc2[nH]ncc12. The lowest BCUT2D eigenvalue weighted by atomic mass is 9.93. The van der Waals surface area contributed by atoms with E-state index < -0.39 is 0 Å². The van der Waals surface area contributed by atoms with Crippen LogP contribution >= 0.6 is 0 Å². The van der Waals surface area contributed by atoms with Crippen molar-refractivity contribution >= 4 is 16.9 Å². The number of aromatic amines is 1. The Morgan fingerprint density at radius 3 is 3.17 bits per heavy atom. The standard InChI is InChI=1S/C12H14N6/c1-8-4-9(5-13)2-3-18(8)12-10-6-16-17-11(10)14-7-15-12/h6-9H,2-4H2,1H3,(H,14,15,16,17). The minimum Gasteiger partial charge on any atom is -0.353 e. The number of H-pyrrole nitrogens is 1. The van der Waals surface area contributed by atoms with Crippen LogP contribution in [-0.2, 0) is 0 Å². The van der Waals surface area contributed by atoms with Gasteiger partial charge in [0.25, 0.3) is 0 Å². The molecule has 1 aliphatic rings. The normalized spacial score (nSPS) is 24.1. The lowest BCUT2D eigenvalue weighted by molar-refractivity contribution is 0.414. The largest absolute Gasteiger partial charge is 0.353 e. The fourth-order valence-electron chi connectivity index (χ4n) is 2.59. The molecule has 3 heterocycles. The van der Waals surface area contributed by atoms with E-state index in [-0.39, 0.29) is 5.92 Å². The van der Waals surface area contributed by atoms with Crippen molar-refractivity contribution in [3.05, 3.63) is 12.5 Å². The number of nitrogens with one attached hydrogen (secondary N) is 1. The number of aromatic nitrogens is 4. The van der Waals surface area contributed by atoms with E-state index >= 15 is 0 Å².